The molecule has 1 N–H and O–H groups in total. The van der Waals surface area contributed by atoms with Crippen LogP contribution in [0, 0.1) is 6.92 Å². The molecule has 0 unspecified atom stereocenters. The molecule has 0 atom stereocenters. The lowest BCUT2D eigenvalue weighted by atomic mass is 10.0. The monoisotopic (exact) mass is 363 g/mol. The summed E-state index contributed by atoms with van der Waals surface area (Å²) in [5, 5.41) is 3.74. The molecular weight excluding hydrogens is 348 g/mol. The fourth-order valence-electron chi connectivity index (χ4n) is 2.27. The molecule has 0 saturated heterocycles. The molecule has 25 heavy (non-hydrogen) atoms. The number of rotatable bonds is 6. The third kappa shape index (κ3) is 4.21. The van der Waals surface area contributed by atoms with Crippen molar-refractivity contribution < 1.29 is 18.3 Å². The van der Waals surface area contributed by atoms with Gasteiger partial charge in [-0.05, 0) is 42.8 Å². The Morgan fingerprint density at radius 3 is 2.48 bits per heavy atom. The van der Waals surface area contributed by atoms with E-state index >= 15 is 0 Å². The molecule has 5 nitrogen and oxygen atoms in total. The van der Waals surface area contributed by atoms with Crippen LogP contribution in [-0.4, -0.2) is 23.1 Å². The number of nitrogens with zero attached hydrogens (tertiary/aromatic N) is 2. The Labute approximate surface area is 147 Å². The molecule has 0 aliphatic heterocycles. The second kappa shape index (κ2) is 7.43. The molecule has 0 bridgehead atoms. The van der Waals surface area contributed by atoms with Crippen molar-refractivity contribution in [3.8, 4) is 22.6 Å². The van der Waals surface area contributed by atoms with Gasteiger partial charge in [-0.15, -0.1) is 0 Å². The summed E-state index contributed by atoms with van der Waals surface area (Å²) >= 11 is 1.23. The fourth-order valence-corrected chi connectivity index (χ4v) is 2.87. The second-order valence-corrected chi connectivity index (χ2v) is 5.84. The van der Waals surface area contributed by atoms with Gasteiger partial charge in [-0.2, -0.15) is 13.2 Å². The van der Waals surface area contributed by atoms with Crippen molar-refractivity contribution in [2.24, 2.45) is 0 Å². The van der Waals surface area contributed by atoms with Gasteiger partial charge in [0, 0.05) is 22.8 Å². The lowest BCUT2D eigenvalue weighted by Gasteiger charge is -2.13. The number of nitrogens with one attached hydrogen (secondary N) is 1. The number of hydrogen-bond donors (Lipinski definition) is 1. The number of methoxy groups -OCH3 is 1. The normalized spacial score (nSPS) is 10.8. The first-order valence-electron chi connectivity index (χ1n) is 7.36. The fraction of sp³-hybridized carbons (Fsp3) is 0.176. The van der Waals surface area contributed by atoms with E-state index in [4.69, 9.17) is 4.74 Å². The lowest BCUT2D eigenvalue weighted by Crippen LogP contribution is -2.03. The second-order valence-electron chi connectivity index (χ2n) is 5.09. The van der Waals surface area contributed by atoms with E-state index in [2.05, 4.69) is 19.4 Å². The lowest BCUT2D eigenvalue weighted by molar-refractivity contribution is -0.0494. The quantitative estimate of drug-likeness (QED) is 0.677. The third-order valence-electron chi connectivity index (χ3n) is 3.38. The molecule has 0 fully saturated rings. The number of hydrogen-bond acceptors (Lipinski definition) is 6. The number of aryl methyl sites for hydroxylation is 1. The molecule has 0 spiro atoms. The van der Waals surface area contributed by atoms with Crippen LogP contribution >= 0.6 is 11.5 Å². The highest BCUT2D eigenvalue weighted by atomic mass is 32.1. The Hall–Kier alpha value is -2.74. The zero-order chi connectivity index (χ0) is 17.8. The highest BCUT2D eigenvalue weighted by molar-refractivity contribution is 7.09. The molecule has 0 amide bonds. The van der Waals surface area contributed by atoms with E-state index < -0.39 is 6.61 Å². The Morgan fingerprint density at radius 1 is 1.12 bits per heavy atom. The standard InChI is InChI=1S/C17H15F2N3O2S/c1-10-20-17(25-22-10)21-12-5-8-15(24-16(18)19)14(9-12)11-3-6-13(23-2)7-4-11/h3-9,16H,1-2H3,(H,20,21,22). The summed E-state index contributed by atoms with van der Waals surface area (Å²) in [6, 6.07) is 12.0. The zero-order valence-electron chi connectivity index (χ0n) is 13.5. The predicted molar refractivity (Wildman–Crippen MR) is 93.0 cm³/mol. The minimum atomic E-state index is -2.90. The summed E-state index contributed by atoms with van der Waals surface area (Å²) in [4.78, 5) is 4.23. The van der Waals surface area contributed by atoms with E-state index in [0.29, 0.717) is 28.0 Å². The molecule has 1 heterocycles. The first kappa shape index (κ1) is 17.1. The van der Waals surface area contributed by atoms with Crippen molar-refractivity contribution in [1.82, 2.24) is 9.36 Å². The summed E-state index contributed by atoms with van der Waals surface area (Å²) < 4.78 is 39.3. The van der Waals surface area contributed by atoms with Crippen molar-refractivity contribution >= 4 is 22.4 Å². The van der Waals surface area contributed by atoms with E-state index in [9.17, 15) is 8.78 Å². The first-order chi connectivity index (χ1) is 12.0. The van der Waals surface area contributed by atoms with Gasteiger partial charge < -0.3 is 14.8 Å². The van der Waals surface area contributed by atoms with Crippen LogP contribution in [0.15, 0.2) is 42.5 Å². The molecule has 3 rings (SSSR count). The van der Waals surface area contributed by atoms with E-state index in [-0.39, 0.29) is 5.75 Å². The van der Waals surface area contributed by atoms with Gasteiger partial charge in [-0.25, -0.2) is 4.98 Å². The number of ether oxygens (including phenoxy) is 2. The maximum absolute atomic E-state index is 12.7. The van der Waals surface area contributed by atoms with Gasteiger partial charge in [0.25, 0.3) is 0 Å². The van der Waals surface area contributed by atoms with Crippen LogP contribution in [0.4, 0.5) is 19.6 Å². The van der Waals surface area contributed by atoms with E-state index in [1.54, 1.807) is 50.4 Å². The van der Waals surface area contributed by atoms with Crippen LogP contribution in [0.2, 0.25) is 0 Å². The van der Waals surface area contributed by atoms with Crippen LogP contribution in [0.3, 0.4) is 0 Å². The molecule has 1 aromatic heterocycles. The number of alkyl halides is 2. The van der Waals surface area contributed by atoms with Gasteiger partial charge in [0.1, 0.15) is 17.3 Å². The Bertz CT molecular complexity index is 853. The maximum atomic E-state index is 12.7. The predicted octanol–water partition coefficient (Wildman–Crippen LogP) is 4.87. The third-order valence-corrected chi connectivity index (χ3v) is 4.10. The van der Waals surface area contributed by atoms with E-state index in [1.807, 2.05) is 0 Å². The van der Waals surface area contributed by atoms with E-state index in [0.717, 1.165) is 5.56 Å². The summed E-state index contributed by atoms with van der Waals surface area (Å²) in [5.41, 5.74) is 1.96. The smallest absolute Gasteiger partial charge is 0.387 e. The molecule has 0 saturated carbocycles. The van der Waals surface area contributed by atoms with Crippen molar-refractivity contribution in [2.45, 2.75) is 13.5 Å². The molecular formula is C17H15F2N3O2S. The molecule has 2 aromatic carbocycles. The SMILES string of the molecule is COc1ccc(-c2cc(Nc3nc(C)ns3)ccc2OC(F)F)cc1. The summed E-state index contributed by atoms with van der Waals surface area (Å²) in [5.74, 6) is 1.44. The maximum Gasteiger partial charge on any atom is 0.387 e. The summed E-state index contributed by atoms with van der Waals surface area (Å²) in [7, 11) is 1.56. The average Bonchev–Trinajstić information content (AvgIpc) is 3.01. The Kier molecular flexibility index (Phi) is 5.08. The van der Waals surface area contributed by atoms with Gasteiger partial charge >= 0.3 is 6.61 Å². The minimum absolute atomic E-state index is 0.0964. The number of halogens is 2. The van der Waals surface area contributed by atoms with Crippen LogP contribution < -0.4 is 14.8 Å². The summed E-state index contributed by atoms with van der Waals surface area (Å²) in [6.07, 6.45) is 0. The zero-order valence-corrected chi connectivity index (χ0v) is 14.3. The van der Waals surface area contributed by atoms with Crippen molar-refractivity contribution in [2.75, 3.05) is 12.4 Å². The topological polar surface area (TPSA) is 56.3 Å². The largest absolute Gasteiger partial charge is 0.497 e. The molecule has 0 aliphatic carbocycles. The van der Waals surface area contributed by atoms with Crippen LogP contribution in [0.1, 0.15) is 5.82 Å². The highest BCUT2D eigenvalue weighted by Gasteiger charge is 2.13. The number of aromatic nitrogens is 2. The van der Waals surface area contributed by atoms with Crippen molar-refractivity contribution in [3.63, 3.8) is 0 Å². The number of benzene rings is 2. The molecule has 130 valence electrons. The van der Waals surface area contributed by atoms with Gasteiger partial charge in [0.05, 0.1) is 7.11 Å². The van der Waals surface area contributed by atoms with Crippen LogP contribution in [0.5, 0.6) is 11.5 Å². The highest BCUT2D eigenvalue weighted by Crippen LogP contribution is 2.35. The number of anilines is 2. The summed E-state index contributed by atoms with van der Waals surface area (Å²) in [6.45, 7) is -1.11. The van der Waals surface area contributed by atoms with Gasteiger partial charge in [-0.1, -0.05) is 12.1 Å². The van der Waals surface area contributed by atoms with Gasteiger partial charge in [0.2, 0.25) is 5.13 Å². The van der Waals surface area contributed by atoms with Crippen LogP contribution in [0.25, 0.3) is 11.1 Å². The van der Waals surface area contributed by atoms with Crippen molar-refractivity contribution in [3.05, 3.63) is 48.3 Å². The Balaban J connectivity index is 1.97. The van der Waals surface area contributed by atoms with Crippen molar-refractivity contribution in [1.29, 1.82) is 0 Å². The first-order valence-corrected chi connectivity index (χ1v) is 8.13. The Morgan fingerprint density at radius 2 is 1.88 bits per heavy atom. The molecule has 3 aromatic rings. The minimum Gasteiger partial charge on any atom is -0.497 e. The van der Waals surface area contributed by atoms with Gasteiger partial charge in [0.15, 0.2) is 0 Å². The van der Waals surface area contributed by atoms with E-state index in [1.165, 1.54) is 17.6 Å². The van der Waals surface area contributed by atoms with Crippen LogP contribution in [-0.2, 0) is 0 Å². The molecule has 8 heteroatoms. The average molecular weight is 363 g/mol. The molecule has 0 radical (unpaired) electrons. The van der Waals surface area contributed by atoms with Gasteiger partial charge in [-0.3, -0.25) is 0 Å². The molecule has 0 aliphatic rings.